The number of hydrogen-bond acceptors (Lipinski definition) is 10. The van der Waals surface area contributed by atoms with E-state index in [4.69, 9.17) is 4.74 Å². The van der Waals surface area contributed by atoms with Crippen LogP contribution in [0.2, 0.25) is 0 Å². The molecule has 0 atom stereocenters. The summed E-state index contributed by atoms with van der Waals surface area (Å²) in [6.45, 7) is 4.91. The number of anilines is 4. The molecule has 3 aromatic rings. The molecule has 2 aliphatic heterocycles. The van der Waals surface area contributed by atoms with Crippen LogP contribution in [0.4, 0.5) is 31.8 Å². The number of fused-ring (bicyclic) bond motifs is 1. The maximum absolute atomic E-state index is 13.9. The molecule has 16 heteroatoms. The number of nitrogens with one attached hydrogen (secondary N) is 2. The number of rotatable bonds is 9. The number of carbonyl (C=O) groups is 2. The molecular formula is C29H36F2N8O5S. The standard InChI is InChI=1S/C29H36F2N8O5S/c1-3-44-24(40)18-45(42,43)36-20-4-5-21(22(16-20)37-12-8-28(6-7-28)9-13-37)27(41)34-23-17-39-26(32-19(2)35-39)25(33-23)38-14-10-29(30,31)11-15-38/h4-5,16-17,36H,3,6-15,18H2,1-2H3,(H,34,41). The molecule has 1 spiro atoms. The number of esters is 1. The van der Waals surface area contributed by atoms with Crippen LogP contribution in [0.5, 0.6) is 0 Å². The van der Waals surface area contributed by atoms with Gasteiger partial charge in [-0.25, -0.2) is 31.7 Å². The Bertz CT molecular complexity index is 1720. The van der Waals surface area contributed by atoms with Gasteiger partial charge in [-0.15, -0.1) is 0 Å². The lowest BCUT2D eigenvalue weighted by molar-refractivity contribution is -0.139. The van der Waals surface area contributed by atoms with Crippen molar-refractivity contribution in [1.82, 2.24) is 19.6 Å². The predicted molar refractivity (Wildman–Crippen MR) is 163 cm³/mol. The fourth-order valence-electron chi connectivity index (χ4n) is 6.00. The molecule has 3 aliphatic rings. The highest BCUT2D eigenvalue weighted by Gasteiger charge is 2.44. The van der Waals surface area contributed by atoms with E-state index in [1.807, 2.05) is 0 Å². The summed E-state index contributed by atoms with van der Waals surface area (Å²) >= 11 is 0. The average Bonchev–Trinajstić information content (AvgIpc) is 3.61. The molecule has 2 aromatic heterocycles. The Hall–Kier alpha value is -4.08. The molecule has 242 valence electrons. The molecule has 1 aromatic carbocycles. The number of sulfonamides is 1. The van der Waals surface area contributed by atoms with Crippen LogP contribution in [0.3, 0.4) is 0 Å². The molecule has 1 aliphatic carbocycles. The van der Waals surface area contributed by atoms with Crippen molar-refractivity contribution in [2.45, 2.75) is 58.3 Å². The Morgan fingerprint density at radius 2 is 1.69 bits per heavy atom. The summed E-state index contributed by atoms with van der Waals surface area (Å²) < 4.78 is 61.8. The van der Waals surface area contributed by atoms with Gasteiger partial charge >= 0.3 is 5.97 Å². The number of nitrogens with zero attached hydrogens (tertiary/aromatic N) is 6. The van der Waals surface area contributed by atoms with E-state index in [0.29, 0.717) is 47.0 Å². The van der Waals surface area contributed by atoms with E-state index in [1.165, 1.54) is 35.7 Å². The minimum atomic E-state index is -4.06. The van der Waals surface area contributed by atoms with Crippen LogP contribution in [0.25, 0.3) is 5.65 Å². The van der Waals surface area contributed by atoms with E-state index in [2.05, 4.69) is 30.0 Å². The molecule has 3 fully saturated rings. The third-order valence-corrected chi connectivity index (χ3v) is 9.86. The summed E-state index contributed by atoms with van der Waals surface area (Å²) in [7, 11) is -4.06. The highest BCUT2D eigenvalue weighted by atomic mass is 32.2. The van der Waals surface area contributed by atoms with E-state index in [9.17, 15) is 26.8 Å². The molecule has 45 heavy (non-hydrogen) atoms. The van der Waals surface area contributed by atoms with Crippen LogP contribution in [0.15, 0.2) is 24.4 Å². The van der Waals surface area contributed by atoms with Crippen molar-refractivity contribution in [2.75, 3.05) is 58.4 Å². The van der Waals surface area contributed by atoms with Crippen molar-refractivity contribution in [3.8, 4) is 0 Å². The first-order chi connectivity index (χ1) is 21.3. The SMILES string of the molecule is CCOC(=O)CS(=O)(=O)Nc1ccc(C(=O)Nc2cn3nc(C)nc3c(N3CCC(F)(F)CC3)n2)c(N2CCC3(CC2)CC3)c1. The van der Waals surface area contributed by atoms with Gasteiger partial charge in [0.15, 0.2) is 23.0 Å². The summed E-state index contributed by atoms with van der Waals surface area (Å²) in [6.07, 6.45) is 5.19. The van der Waals surface area contributed by atoms with Gasteiger partial charge < -0.3 is 19.9 Å². The second-order valence-electron chi connectivity index (χ2n) is 12.1. The molecule has 0 unspecified atom stereocenters. The fourth-order valence-corrected chi connectivity index (χ4v) is 6.96. The van der Waals surface area contributed by atoms with E-state index in [0.717, 1.165) is 12.8 Å². The van der Waals surface area contributed by atoms with Crippen molar-refractivity contribution in [2.24, 2.45) is 5.41 Å². The predicted octanol–water partition coefficient (Wildman–Crippen LogP) is 3.61. The Balaban J connectivity index is 1.29. The van der Waals surface area contributed by atoms with Crippen molar-refractivity contribution in [1.29, 1.82) is 0 Å². The van der Waals surface area contributed by atoms with Crippen LogP contribution < -0.4 is 19.8 Å². The normalized spacial score (nSPS) is 19.0. The smallest absolute Gasteiger partial charge is 0.323 e. The number of carbonyl (C=O) groups excluding carboxylic acids is 2. The lowest BCUT2D eigenvalue weighted by Gasteiger charge is -2.35. The van der Waals surface area contributed by atoms with Gasteiger partial charge in [0.05, 0.1) is 29.7 Å². The Morgan fingerprint density at radius 1 is 1.00 bits per heavy atom. The summed E-state index contributed by atoms with van der Waals surface area (Å²) in [5.74, 6) is -3.96. The van der Waals surface area contributed by atoms with Crippen LogP contribution >= 0.6 is 0 Å². The Kier molecular flexibility index (Phi) is 8.03. The Labute approximate surface area is 259 Å². The topological polar surface area (TPSA) is 151 Å². The van der Waals surface area contributed by atoms with Gasteiger partial charge in [-0.1, -0.05) is 0 Å². The molecule has 13 nitrogen and oxygen atoms in total. The van der Waals surface area contributed by atoms with Gasteiger partial charge in [-0.2, -0.15) is 5.10 Å². The lowest BCUT2D eigenvalue weighted by Crippen LogP contribution is -2.40. The van der Waals surface area contributed by atoms with Crippen molar-refractivity contribution in [3.05, 3.63) is 35.8 Å². The molecule has 2 saturated heterocycles. The Morgan fingerprint density at radius 3 is 2.36 bits per heavy atom. The maximum Gasteiger partial charge on any atom is 0.323 e. The number of ether oxygens (including phenoxy) is 1. The monoisotopic (exact) mass is 646 g/mol. The van der Waals surface area contributed by atoms with E-state index in [-0.39, 0.29) is 44.0 Å². The minimum absolute atomic E-state index is 0.0620. The van der Waals surface area contributed by atoms with Crippen LogP contribution in [0.1, 0.15) is 61.6 Å². The third kappa shape index (κ3) is 6.94. The van der Waals surface area contributed by atoms with Crippen molar-refractivity contribution in [3.63, 3.8) is 0 Å². The molecule has 6 rings (SSSR count). The number of aromatic nitrogens is 4. The average molecular weight is 647 g/mol. The second kappa shape index (κ2) is 11.7. The van der Waals surface area contributed by atoms with E-state index in [1.54, 1.807) is 24.8 Å². The van der Waals surface area contributed by atoms with Crippen LogP contribution in [-0.4, -0.2) is 84.3 Å². The van der Waals surface area contributed by atoms with Gasteiger partial charge in [0.2, 0.25) is 10.0 Å². The number of hydrogen-bond donors (Lipinski definition) is 2. The zero-order valence-electron chi connectivity index (χ0n) is 25.2. The highest BCUT2D eigenvalue weighted by Crippen LogP contribution is 2.54. The van der Waals surface area contributed by atoms with Crippen molar-refractivity contribution < 1.29 is 31.5 Å². The van der Waals surface area contributed by atoms with Crippen LogP contribution in [-0.2, 0) is 19.6 Å². The van der Waals surface area contributed by atoms with Gasteiger partial charge in [-0.3, -0.25) is 14.3 Å². The zero-order chi connectivity index (χ0) is 32.0. The van der Waals surface area contributed by atoms with Gasteiger partial charge in [0, 0.05) is 39.0 Å². The summed E-state index contributed by atoms with van der Waals surface area (Å²) in [5.41, 5.74) is 1.81. The number of alkyl halides is 2. The summed E-state index contributed by atoms with van der Waals surface area (Å²) in [5, 5.41) is 7.19. The molecule has 1 saturated carbocycles. The molecule has 1 amide bonds. The lowest BCUT2D eigenvalue weighted by atomic mass is 9.93. The fraction of sp³-hybridized carbons (Fsp3) is 0.552. The largest absolute Gasteiger partial charge is 0.465 e. The highest BCUT2D eigenvalue weighted by molar-refractivity contribution is 7.93. The van der Waals surface area contributed by atoms with Gasteiger partial charge in [0.1, 0.15) is 5.82 Å². The maximum atomic E-state index is 13.9. The first kappa shape index (κ1) is 30.9. The first-order valence-electron chi connectivity index (χ1n) is 15.1. The molecule has 0 bridgehead atoms. The second-order valence-corrected chi connectivity index (χ2v) is 13.8. The summed E-state index contributed by atoms with van der Waals surface area (Å²) in [4.78, 5) is 38.5. The van der Waals surface area contributed by atoms with Crippen molar-refractivity contribution >= 4 is 50.6 Å². The summed E-state index contributed by atoms with van der Waals surface area (Å²) in [6, 6.07) is 4.59. The molecule has 2 N–H and O–H groups in total. The molecule has 4 heterocycles. The molecular weight excluding hydrogens is 610 g/mol. The number of halogens is 2. The van der Waals surface area contributed by atoms with Gasteiger partial charge in [-0.05, 0) is 63.1 Å². The van der Waals surface area contributed by atoms with E-state index >= 15 is 0 Å². The number of piperidine rings is 2. The third-order valence-electron chi connectivity index (χ3n) is 8.69. The first-order valence-corrected chi connectivity index (χ1v) is 16.7. The van der Waals surface area contributed by atoms with Gasteiger partial charge in [0.25, 0.3) is 11.8 Å². The van der Waals surface area contributed by atoms with E-state index < -0.39 is 33.6 Å². The zero-order valence-corrected chi connectivity index (χ0v) is 26.0. The molecule has 0 radical (unpaired) electrons. The number of benzene rings is 1. The minimum Gasteiger partial charge on any atom is -0.465 e. The quantitative estimate of drug-likeness (QED) is 0.330. The number of aryl methyl sites for hydroxylation is 1. The number of amides is 1. The van der Waals surface area contributed by atoms with Crippen LogP contribution in [0, 0.1) is 12.3 Å².